The largest absolute Gasteiger partial charge is 0.357 e. The summed E-state index contributed by atoms with van der Waals surface area (Å²) < 4.78 is 27.1. The molecule has 1 aliphatic heterocycles. The van der Waals surface area contributed by atoms with Crippen LogP contribution >= 0.6 is 0 Å². The van der Waals surface area contributed by atoms with Crippen LogP contribution in [-0.2, 0) is 16.6 Å². The number of nitrogens with zero attached hydrogens (tertiary/aromatic N) is 2. The Kier molecular flexibility index (Phi) is 7.04. The van der Waals surface area contributed by atoms with Crippen LogP contribution < -0.4 is 14.9 Å². The average molecular weight is 463 g/mol. The number of sulfonamides is 1. The van der Waals surface area contributed by atoms with E-state index in [0.717, 1.165) is 35.4 Å². The third-order valence-corrected chi connectivity index (χ3v) is 6.35. The molecule has 1 aliphatic rings. The zero-order valence-electron chi connectivity index (χ0n) is 18.1. The lowest BCUT2D eigenvalue weighted by Gasteiger charge is -2.17. The Morgan fingerprint density at radius 2 is 1.73 bits per heavy atom. The van der Waals surface area contributed by atoms with Gasteiger partial charge in [0.25, 0.3) is 15.9 Å². The standard InChI is InChI=1S/C25H26N4O3S/c30-25(27-19-21-12-14-26-24(18-21)29-15-4-5-16-29)22-8-10-23(11-9-22)28-33(31,32)17-13-20-6-2-1-3-7-20/h1-3,6-14,17-18,28H,4-5,15-16,19H2,(H,27,30)/b17-13+. The molecule has 0 saturated carbocycles. The van der Waals surface area contributed by atoms with E-state index in [-0.39, 0.29) is 5.91 Å². The molecule has 1 saturated heterocycles. The number of amides is 1. The van der Waals surface area contributed by atoms with Gasteiger partial charge in [-0.3, -0.25) is 9.52 Å². The normalized spacial score (nSPS) is 13.9. The molecule has 2 N–H and O–H groups in total. The minimum atomic E-state index is -3.66. The maximum absolute atomic E-state index is 12.5. The summed E-state index contributed by atoms with van der Waals surface area (Å²) in [5.74, 6) is 0.713. The SMILES string of the molecule is O=C(NCc1ccnc(N2CCCC2)c1)c1ccc(NS(=O)(=O)/C=C/c2ccccc2)cc1. The molecule has 0 spiro atoms. The van der Waals surface area contributed by atoms with Crippen molar-refractivity contribution in [2.45, 2.75) is 19.4 Å². The maximum Gasteiger partial charge on any atom is 0.255 e. The Bertz CT molecular complexity index is 1220. The monoisotopic (exact) mass is 462 g/mol. The van der Waals surface area contributed by atoms with Crippen LogP contribution in [0.3, 0.4) is 0 Å². The first-order chi connectivity index (χ1) is 16.0. The number of carbonyl (C=O) groups excluding carboxylic acids is 1. The average Bonchev–Trinajstić information content (AvgIpc) is 3.38. The van der Waals surface area contributed by atoms with Crippen molar-refractivity contribution in [2.24, 2.45) is 0 Å². The number of rotatable bonds is 8. The van der Waals surface area contributed by atoms with Crippen molar-refractivity contribution in [2.75, 3.05) is 22.7 Å². The van der Waals surface area contributed by atoms with Gasteiger partial charge in [-0.25, -0.2) is 13.4 Å². The van der Waals surface area contributed by atoms with E-state index >= 15 is 0 Å². The maximum atomic E-state index is 12.5. The lowest BCUT2D eigenvalue weighted by atomic mass is 10.2. The number of pyridine rings is 1. The van der Waals surface area contributed by atoms with E-state index in [1.165, 1.54) is 18.9 Å². The molecule has 33 heavy (non-hydrogen) atoms. The quantitative estimate of drug-likeness (QED) is 0.528. The summed E-state index contributed by atoms with van der Waals surface area (Å²) in [6.07, 6.45) is 5.65. The number of aromatic nitrogens is 1. The molecule has 0 radical (unpaired) electrons. The van der Waals surface area contributed by atoms with Crippen LogP contribution in [0.2, 0.25) is 0 Å². The van der Waals surface area contributed by atoms with E-state index in [2.05, 4.69) is 19.9 Å². The van der Waals surface area contributed by atoms with Crippen molar-refractivity contribution < 1.29 is 13.2 Å². The van der Waals surface area contributed by atoms with Crippen LogP contribution in [0.25, 0.3) is 6.08 Å². The van der Waals surface area contributed by atoms with E-state index in [1.54, 1.807) is 30.5 Å². The highest BCUT2D eigenvalue weighted by molar-refractivity contribution is 7.95. The van der Waals surface area contributed by atoms with E-state index < -0.39 is 10.0 Å². The van der Waals surface area contributed by atoms with Crippen molar-refractivity contribution >= 4 is 33.5 Å². The lowest BCUT2D eigenvalue weighted by Crippen LogP contribution is -2.23. The minimum Gasteiger partial charge on any atom is -0.357 e. The third-order valence-electron chi connectivity index (χ3n) is 5.34. The zero-order chi connectivity index (χ0) is 23.1. The summed E-state index contributed by atoms with van der Waals surface area (Å²) in [6, 6.07) is 19.4. The molecule has 1 amide bonds. The number of anilines is 2. The summed E-state index contributed by atoms with van der Waals surface area (Å²) in [7, 11) is -3.66. The van der Waals surface area contributed by atoms with Gasteiger partial charge < -0.3 is 10.2 Å². The van der Waals surface area contributed by atoms with Crippen LogP contribution in [0, 0.1) is 0 Å². The van der Waals surface area contributed by atoms with Crippen molar-refractivity contribution in [3.8, 4) is 0 Å². The summed E-state index contributed by atoms with van der Waals surface area (Å²) in [5, 5.41) is 4.02. The highest BCUT2D eigenvalue weighted by atomic mass is 32.2. The van der Waals surface area contributed by atoms with Gasteiger partial charge in [-0.1, -0.05) is 30.3 Å². The van der Waals surface area contributed by atoms with E-state index in [9.17, 15) is 13.2 Å². The number of hydrogen-bond donors (Lipinski definition) is 2. The predicted octanol–water partition coefficient (Wildman–Crippen LogP) is 4.02. The molecule has 8 heteroatoms. The first kappa shape index (κ1) is 22.5. The molecule has 0 aliphatic carbocycles. The van der Waals surface area contributed by atoms with Crippen LogP contribution in [0.5, 0.6) is 0 Å². The second kappa shape index (κ2) is 10.3. The van der Waals surface area contributed by atoms with Gasteiger partial charge in [0.15, 0.2) is 0 Å². The van der Waals surface area contributed by atoms with Gasteiger partial charge in [-0.15, -0.1) is 0 Å². The summed E-state index contributed by atoms with van der Waals surface area (Å²) in [4.78, 5) is 19.2. The van der Waals surface area contributed by atoms with Crippen molar-refractivity contribution in [3.63, 3.8) is 0 Å². The van der Waals surface area contributed by atoms with Crippen LogP contribution in [-0.4, -0.2) is 32.4 Å². The molecule has 170 valence electrons. The van der Waals surface area contributed by atoms with Crippen molar-refractivity contribution in [3.05, 3.63) is 95.0 Å². The molecular weight excluding hydrogens is 436 g/mol. The molecule has 1 aromatic heterocycles. The lowest BCUT2D eigenvalue weighted by molar-refractivity contribution is 0.0951. The number of carbonyl (C=O) groups is 1. The van der Waals surface area contributed by atoms with Gasteiger partial charge in [-0.05, 0) is 66.4 Å². The Morgan fingerprint density at radius 3 is 2.45 bits per heavy atom. The Balaban J connectivity index is 1.32. The smallest absolute Gasteiger partial charge is 0.255 e. The molecule has 4 rings (SSSR count). The van der Waals surface area contributed by atoms with Crippen molar-refractivity contribution in [1.82, 2.24) is 10.3 Å². The van der Waals surface area contributed by atoms with E-state index in [0.29, 0.717) is 17.8 Å². The molecule has 2 aromatic carbocycles. The highest BCUT2D eigenvalue weighted by Gasteiger charge is 2.14. The molecule has 7 nitrogen and oxygen atoms in total. The molecule has 2 heterocycles. The van der Waals surface area contributed by atoms with E-state index in [1.807, 2.05) is 42.5 Å². The molecule has 3 aromatic rings. The number of nitrogens with one attached hydrogen (secondary N) is 2. The Morgan fingerprint density at radius 1 is 1.00 bits per heavy atom. The van der Waals surface area contributed by atoms with Gasteiger partial charge in [0.05, 0.1) is 5.41 Å². The molecule has 0 unspecified atom stereocenters. The Hall–Kier alpha value is -3.65. The second-order valence-corrected chi connectivity index (χ2v) is 9.40. The molecule has 0 atom stereocenters. The van der Waals surface area contributed by atoms with Crippen LogP contribution in [0.15, 0.2) is 78.3 Å². The van der Waals surface area contributed by atoms with Gasteiger partial charge in [0, 0.05) is 37.1 Å². The fraction of sp³-hybridized carbons (Fsp3) is 0.200. The summed E-state index contributed by atoms with van der Waals surface area (Å²) in [5.41, 5.74) is 2.60. The number of hydrogen-bond acceptors (Lipinski definition) is 5. The van der Waals surface area contributed by atoms with Crippen LogP contribution in [0.1, 0.15) is 34.3 Å². The predicted molar refractivity (Wildman–Crippen MR) is 131 cm³/mol. The molecule has 0 bridgehead atoms. The third kappa shape index (κ3) is 6.43. The Labute approximate surface area is 194 Å². The number of benzene rings is 2. The molecular formula is C25H26N4O3S. The van der Waals surface area contributed by atoms with Crippen LogP contribution in [0.4, 0.5) is 11.5 Å². The van der Waals surface area contributed by atoms with E-state index in [4.69, 9.17) is 0 Å². The topological polar surface area (TPSA) is 91.4 Å². The van der Waals surface area contributed by atoms with Crippen molar-refractivity contribution in [1.29, 1.82) is 0 Å². The first-order valence-electron chi connectivity index (χ1n) is 10.8. The van der Waals surface area contributed by atoms with Gasteiger partial charge in [0.1, 0.15) is 5.82 Å². The fourth-order valence-corrected chi connectivity index (χ4v) is 4.46. The fourth-order valence-electron chi connectivity index (χ4n) is 3.59. The van der Waals surface area contributed by atoms with Gasteiger partial charge >= 0.3 is 0 Å². The highest BCUT2D eigenvalue weighted by Crippen LogP contribution is 2.18. The summed E-state index contributed by atoms with van der Waals surface area (Å²) >= 11 is 0. The minimum absolute atomic E-state index is 0.229. The zero-order valence-corrected chi connectivity index (χ0v) is 19.0. The molecule has 1 fully saturated rings. The second-order valence-electron chi connectivity index (χ2n) is 7.84. The summed E-state index contributed by atoms with van der Waals surface area (Å²) in [6.45, 7) is 2.42. The first-order valence-corrected chi connectivity index (χ1v) is 12.4. The van der Waals surface area contributed by atoms with Gasteiger partial charge in [0.2, 0.25) is 0 Å². The van der Waals surface area contributed by atoms with Gasteiger partial charge in [-0.2, -0.15) is 0 Å².